The lowest BCUT2D eigenvalue weighted by Gasteiger charge is -2.27. The van der Waals surface area contributed by atoms with Gasteiger partial charge in [-0.15, -0.1) is 0 Å². The van der Waals surface area contributed by atoms with E-state index in [1.807, 2.05) is 4.90 Å². The molecule has 3 N–H and O–H groups in total. The van der Waals surface area contributed by atoms with Crippen molar-refractivity contribution in [3.05, 3.63) is 24.3 Å². The van der Waals surface area contributed by atoms with Gasteiger partial charge in [0.25, 0.3) is 0 Å². The first-order valence-corrected chi connectivity index (χ1v) is 10.8. The number of carbonyl (C=O) groups is 1. The number of carboxylic acids is 1. The molecule has 1 aliphatic rings. The van der Waals surface area contributed by atoms with Gasteiger partial charge in [-0.05, 0) is 19.1 Å². The second kappa shape index (κ2) is 8.57. The minimum absolute atomic E-state index is 0.118. The lowest BCUT2D eigenvalue weighted by Crippen LogP contribution is -2.37. The first kappa shape index (κ1) is 20.7. The largest absolute Gasteiger partial charge is 0.480 e. The van der Waals surface area contributed by atoms with E-state index in [0.29, 0.717) is 49.3 Å². The summed E-state index contributed by atoms with van der Waals surface area (Å²) in [4.78, 5) is 26.3. The lowest BCUT2D eigenvalue weighted by atomic mass is 10.2. The van der Waals surface area contributed by atoms with E-state index in [9.17, 15) is 13.2 Å². The highest BCUT2D eigenvalue weighted by molar-refractivity contribution is 7.92. The average molecular weight is 422 g/mol. The number of aliphatic carboxylic acids is 1. The molecule has 1 unspecified atom stereocenters. The van der Waals surface area contributed by atoms with Gasteiger partial charge in [0.15, 0.2) is 5.82 Å². The summed E-state index contributed by atoms with van der Waals surface area (Å²) < 4.78 is 30.8. The van der Waals surface area contributed by atoms with E-state index < -0.39 is 22.0 Å². The minimum Gasteiger partial charge on any atom is -0.480 e. The van der Waals surface area contributed by atoms with Crippen molar-refractivity contribution in [2.45, 2.75) is 13.0 Å². The Labute approximate surface area is 168 Å². The van der Waals surface area contributed by atoms with Crippen LogP contribution < -0.4 is 14.9 Å². The highest BCUT2D eigenvalue weighted by atomic mass is 32.2. The predicted octanol–water partition coefficient (Wildman–Crippen LogP) is 0.632. The van der Waals surface area contributed by atoms with E-state index in [4.69, 9.17) is 9.84 Å². The zero-order chi connectivity index (χ0) is 21.0. The second-order valence-corrected chi connectivity index (χ2v) is 8.29. The molecule has 1 aliphatic heterocycles. The van der Waals surface area contributed by atoms with Crippen LogP contribution in [0.3, 0.4) is 0 Å². The molecular formula is C17H22N6O5S. The van der Waals surface area contributed by atoms with Crippen molar-refractivity contribution in [1.82, 2.24) is 15.0 Å². The first-order chi connectivity index (χ1) is 13.7. The lowest BCUT2D eigenvalue weighted by molar-refractivity contribution is -0.137. The summed E-state index contributed by atoms with van der Waals surface area (Å²) in [5, 5.41) is 11.9. The fraction of sp³-hybridized carbons (Fsp3) is 0.412. The number of nitrogens with one attached hydrogen (secondary N) is 2. The number of ether oxygens (including phenoxy) is 1. The molecule has 1 saturated heterocycles. The van der Waals surface area contributed by atoms with Gasteiger partial charge in [-0.3, -0.25) is 9.52 Å². The molecule has 0 saturated carbocycles. The van der Waals surface area contributed by atoms with Crippen LogP contribution in [-0.2, 0) is 19.6 Å². The third kappa shape index (κ3) is 5.74. The Kier molecular flexibility index (Phi) is 6.13. The zero-order valence-corrected chi connectivity index (χ0v) is 16.8. The van der Waals surface area contributed by atoms with Crippen LogP contribution in [-0.4, -0.2) is 73.0 Å². The Morgan fingerprint density at radius 2 is 1.97 bits per heavy atom. The molecule has 0 amide bonds. The maximum Gasteiger partial charge on any atom is 0.325 e. The van der Waals surface area contributed by atoms with Crippen LogP contribution >= 0.6 is 0 Å². The van der Waals surface area contributed by atoms with Crippen LogP contribution in [0.25, 0.3) is 11.4 Å². The van der Waals surface area contributed by atoms with Crippen molar-refractivity contribution in [3.8, 4) is 11.4 Å². The molecule has 1 atom stereocenters. The quantitative estimate of drug-likeness (QED) is 0.580. The fourth-order valence-electron chi connectivity index (χ4n) is 2.65. The van der Waals surface area contributed by atoms with E-state index in [0.717, 1.165) is 6.26 Å². The molecular weight excluding hydrogens is 400 g/mol. The number of hydrogen-bond acceptors (Lipinski definition) is 9. The predicted molar refractivity (Wildman–Crippen MR) is 107 cm³/mol. The fourth-order valence-corrected chi connectivity index (χ4v) is 3.21. The molecule has 29 heavy (non-hydrogen) atoms. The number of benzene rings is 1. The molecule has 3 rings (SSSR count). The number of carboxylic acid groups (broad SMARTS) is 1. The van der Waals surface area contributed by atoms with Crippen LogP contribution in [0.2, 0.25) is 0 Å². The topological polar surface area (TPSA) is 147 Å². The maximum atomic E-state index is 11.5. The molecule has 2 heterocycles. The standard InChI is InChI=1S/C17H22N6O5S/c1-11(15(24)25)18-16-19-14(20-17(21-16)23-6-8-28-9-7-23)12-4-3-5-13(10-12)22-29(2,26)27/h3-5,10-11,22H,6-9H2,1-2H3,(H,24,25)(H,18,19,20,21). The van der Waals surface area contributed by atoms with Crippen LogP contribution in [0.4, 0.5) is 17.6 Å². The Balaban J connectivity index is 2.00. The van der Waals surface area contributed by atoms with Gasteiger partial charge in [0, 0.05) is 24.3 Å². The molecule has 1 aromatic heterocycles. The van der Waals surface area contributed by atoms with Gasteiger partial charge in [0.1, 0.15) is 6.04 Å². The second-order valence-electron chi connectivity index (χ2n) is 6.54. The number of aromatic nitrogens is 3. The van der Waals surface area contributed by atoms with Gasteiger partial charge >= 0.3 is 5.97 Å². The zero-order valence-electron chi connectivity index (χ0n) is 16.0. The third-order valence-corrected chi connectivity index (χ3v) is 4.66. The maximum absolute atomic E-state index is 11.5. The monoisotopic (exact) mass is 422 g/mol. The smallest absolute Gasteiger partial charge is 0.325 e. The van der Waals surface area contributed by atoms with Crippen molar-refractivity contribution in [2.24, 2.45) is 0 Å². The Hall–Kier alpha value is -2.99. The highest BCUT2D eigenvalue weighted by Gasteiger charge is 2.19. The van der Waals surface area contributed by atoms with Gasteiger partial charge in [0.05, 0.1) is 19.5 Å². The number of anilines is 3. The molecule has 1 aromatic carbocycles. The molecule has 11 nitrogen and oxygen atoms in total. The Bertz CT molecular complexity index is 994. The molecule has 1 fully saturated rings. The van der Waals surface area contributed by atoms with Crippen LogP contribution in [0, 0.1) is 0 Å². The summed E-state index contributed by atoms with van der Waals surface area (Å²) in [6.45, 7) is 3.73. The summed E-state index contributed by atoms with van der Waals surface area (Å²) in [7, 11) is -3.44. The molecule has 12 heteroatoms. The molecule has 156 valence electrons. The van der Waals surface area contributed by atoms with Gasteiger partial charge in [-0.1, -0.05) is 12.1 Å². The van der Waals surface area contributed by atoms with Gasteiger partial charge in [0.2, 0.25) is 21.9 Å². The SMILES string of the molecule is CC(Nc1nc(-c2cccc(NS(C)(=O)=O)c2)nc(N2CCOCC2)n1)C(=O)O. The van der Waals surface area contributed by atoms with Crippen LogP contribution in [0.1, 0.15) is 6.92 Å². The van der Waals surface area contributed by atoms with E-state index in [1.54, 1.807) is 24.3 Å². The summed E-state index contributed by atoms with van der Waals surface area (Å²) >= 11 is 0. The Morgan fingerprint density at radius 3 is 2.62 bits per heavy atom. The number of sulfonamides is 1. The molecule has 0 spiro atoms. The van der Waals surface area contributed by atoms with Gasteiger partial charge < -0.3 is 20.1 Å². The third-order valence-electron chi connectivity index (χ3n) is 4.06. The van der Waals surface area contributed by atoms with Crippen molar-refractivity contribution < 1.29 is 23.1 Å². The van der Waals surface area contributed by atoms with Gasteiger partial charge in [-0.2, -0.15) is 15.0 Å². The van der Waals surface area contributed by atoms with Crippen molar-refractivity contribution >= 4 is 33.6 Å². The summed E-state index contributed by atoms with van der Waals surface area (Å²) in [5.74, 6) is -0.245. The molecule has 2 aromatic rings. The first-order valence-electron chi connectivity index (χ1n) is 8.87. The van der Waals surface area contributed by atoms with E-state index in [1.165, 1.54) is 6.92 Å². The van der Waals surface area contributed by atoms with Crippen LogP contribution in [0.5, 0.6) is 0 Å². The van der Waals surface area contributed by atoms with E-state index >= 15 is 0 Å². The summed E-state index contributed by atoms with van der Waals surface area (Å²) in [5.41, 5.74) is 0.924. The van der Waals surface area contributed by atoms with Crippen molar-refractivity contribution in [3.63, 3.8) is 0 Å². The normalized spacial score (nSPS) is 15.6. The Morgan fingerprint density at radius 1 is 1.24 bits per heavy atom. The van der Waals surface area contributed by atoms with E-state index in [-0.39, 0.29) is 5.95 Å². The van der Waals surface area contributed by atoms with Crippen LogP contribution in [0.15, 0.2) is 24.3 Å². The molecule has 0 bridgehead atoms. The number of rotatable bonds is 7. The van der Waals surface area contributed by atoms with Crippen molar-refractivity contribution in [1.29, 1.82) is 0 Å². The highest BCUT2D eigenvalue weighted by Crippen LogP contribution is 2.23. The summed E-state index contributed by atoms with van der Waals surface area (Å²) in [6, 6.07) is 5.72. The van der Waals surface area contributed by atoms with Gasteiger partial charge in [-0.25, -0.2) is 8.42 Å². The number of morpholine rings is 1. The average Bonchev–Trinajstić information content (AvgIpc) is 2.67. The van der Waals surface area contributed by atoms with Crippen molar-refractivity contribution in [2.75, 3.05) is 47.5 Å². The number of hydrogen-bond donors (Lipinski definition) is 3. The van der Waals surface area contributed by atoms with E-state index in [2.05, 4.69) is 25.0 Å². The molecule has 0 radical (unpaired) electrons. The minimum atomic E-state index is -3.44. The summed E-state index contributed by atoms with van der Waals surface area (Å²) in [6.07, 6.45) is 1.06. The molecule has 0 aliphatic carbocycles. The number of nitrogens with zero attached hydrogens (tertiary/aromatic N) is 4.